The number of pyridine rings is 6. The number of amides is 3. The molecule has 0 N–H and O–H groups in total. The number of carbonyl (C=O) groups excluding carboxylic acids is 3. The number of imidazole rings is 3. The van der Waals surface area contributed by atoms with E-state index in [1.165, 1.54) is 18.5 Å². The number of nitrogens with zero attached hydrogens (tertiary/aromatic N) is 15. The van der Waals surface area contributed by atoms with Gasteiger partial charge in [0.05, 0.1) is 34.4 Å². The van der Waals surface area contributed by atoms with Gasteiger partial charge in [-0.1, -0.05) is 212 Å². The molecule has 0 aliphatic heterocycles. The quantitative estimate of drug-likeness (QED) is 0.0259. The molecule has 10 heterocycles. The Morgan fingerprint density at radius 3 is 1.31 bits per heavy atom. The van der Waals surface area contributed by atoms with Crippen molar-refractivity contribution >= 4 is 51.9 Å². The van der Waals surface area contributed by atoms with E-state index in [1.54, 1.807) is 110 Å². The van der Waals surface area contributed by atoms with E-state index >= 15 is 0 Å². The van der Waals surface area contributed by atoms with Crippen LogP contribution in [-0.4, -0.2) is 62.6 Å². The van der Waals surface area contributed by atoms with Gasteiger partial charge in [0.1, 0.15) is 11.8 Å². The molecule has 0 aliphatic rings. The molecule has 0 spiro atoms. The van der Waals surface area contributed by atoms with Crippen LogP contribution >= 0.6 is 12.2 Å². The first-order chi connectivity index (χ1) is 49.7. The normalized spacial score (nSPS) is 9.70. The fourth-order valence-electron chi connectivity index (χ4n) is 9.24. The molecule has 16 aromatic rings. The van der Waals surface area contributed by atoms with E-state index in [2.05, 4.69) is 101 Å². The van der Waals surface area contributed by atoms with Crippen LogP contribution in [0, 0.1) is 13.8 Å². The standard InChI is InChI=1S/C20H14N3.C13H10N2O2.C13H9N2.C12H8N3.C12H10N2O3S.C10H10N3.6Ir/c1-3-9-15(10-4-1)18-19(16-11-5-2-6-12-16)23-20(22-18)17-13-7-8-14-21-17;16-12(10-6-2-1-3-7-10)15-13(17)11-8-4-5-9-14-11;1-2-6-11-10(5-1)9-13(15-11)12-7-3-4-8-14-12;1-2-6-10-9(5-1)14-12(15-10)11-7-3-4-8-13-11;15-12(11-8-4-5-9-13-11)14-18-17-16-10-6-2-1-3-7-10;1-7-8(2)13-10(12-7)9-5-3-4-6-11-9;;;;;;/h1-14H;1-9H,(H,15,16,17);1-9H;1-8H;1-9H,(H,14,15);3-6H,1-2H3;;;;;;/q-1;;2*-1;;-1;;;;;;/p-2. The molecule has 16 rings (SSSR count). The van der Waals surface area contributed by atoms with Gasteiger partial charge in [0.2, 0.25) is 0 Å². The molecule has 550 valence electrons. The Labute approximate surface area is 702 Å². The molecule has 0 unspecified atom stereocenters. The molecular weight excluding hydrogens is 2440 g/mol. The van der Waals surface area contributed by atoms with Crippen LogP contribution in [0.3, 0.4) is 0 Å². The number of para-hydroxylation sites is 4. The molecule has 0 bridgehead atoms. The maximum Gasteiger partial charge on any atom is 0.166 e. The molecule has 6 radical (unpaired) electrons. The van der Waals surface area contributed by atoms with Crippen molar-refractivity contribution in [2.45, 2.75) is 13.8 Å². The van der Waals surface area contributed by atoms with Gasteiger partial charge < -0.3 is 64.2 Å². The number of aromatic nitrogens is 13. The molecule has 0 atom stereocenters. The van der Waals surface area contributed by atoms with Crippen molar-refractivity contribution in [3.05, 3.63) is 361 Å². The molecule has 6 aromatic carbocycles. The fraction of sp³-hybridized carbons (Fsp3) is 0.0250. The maximum atomic E-state index is 11.6. The Bertz CT molecular complexity index is 4900. The number of carbonyl (C=O) groups is 3. The van der Waals surface area contributed by atoms with E-state index in [0.717, 1.165) is 90.1 Å². The van der Waals surface area contributed by atoms with Crippen LogP contribution in [0.5, 0.6) is 5.75 Å². The van der Waals surface area contributed by atoms with Gasteiger partial charge in [0.15, 0.2) is 5.75 Å². The summed E-state index contributed by atoms with van der Waals surface area (Å²) in [6, 6.07) is 88.6. The summed E-state index contributed by atoms with van der Waals surface area (Å²) < 4.78 is 8.29. The SMILES string of the molecule is Cc1nc(-c2ccccn2)[n-]c1C.O=C([N-]C(=O)c1ccccn1)c1ccccc1.O=C([N-]SOOc1ccccc1)c1ccccn1.[Ir].[Ir].[Ir].[Ir].[Ir].[Ir].c1ccc(-c2cc3ccccc3[n-]2)nc1.c1ccc(-c2nc(-c3ccccn3)[n-]c2-c2ccccc2)cc1.c1ccc(-c2nc3ccccc3[n-]2)nc1. The summed E-state index contributed by atoms with van der Waals surface area (Å²) in [4.78, 5) is 95.7. The van der Waals surface area contributed by atoms with Gasteiger partial charge in [-0.25, -0.2) is 0 Å². The van der Waals surface area contributed by atoms with Crippen molar-refractivity contribution in [1.82, 2.24) is 64.8 Å². The van der Waals surface area contributed by atoms with Crippen LogP contribution < -0.4 is 24.8 Å². The van der Waals surface area contributed by atoms with Gasteiger partial charge in [-0.2, -0.15) is 0 Å². The predicted molar refractivity (Wildman–Crippen MR) is 391 cm³/mol. The molecular formula is C80H59Ir6N15O5S-6. The van der Waals surface area contributed by atoms with Crippen molar-refractivity contribution in [1.29, 1.82) is 0 Å². The van der Waals surface area contributed by atoms with Gasteiger partial charge in [-0.05, 0) is 173 Å². The summed E-state index contributed by atoms with van der Waals surface area (Å²) in [7, 11) is 0. The number of hydrogen-bond acceptors (Lipinski definition) is 15. The minimum absolute atomic E-state index is 0. The van der Waals surface area contributed by atoms with Crippen LogP contribution in [0.4, 0.5) is 0 Å². The van der Waals surface area contributed by atoms with E-state index < -0.39 is 17.7 Å². The van der Waals surface area contributed by atoms with E-state index in [1.807, 2.05) is 172 Å². The molecule has 0 aliphatic carbocycles. The zero-order valence-corrected chi connectivity index (χ0v) is 71.4. The zero-order chi connectivity index (χ0) is 69.6. The summed E-state index contributed by atoms with van der Waals surface area (Å²) >= 11 is 0.564. The van der Waals surface area contributed by atoms with Crippen molar-refractivity contribution in [3.8, 4) is 74.2 Å². The summed E-state index contributed by atoms with van der Waals surface area (Å²) in [5, 5.41) is 4.64. The Morgan fingerprint density at radius 1 is 0.374 bits per heavy atom. The largest absolute Gasteiger partial charge is 0.656 e. The van der Waals surface area contributed by atoms with Crippen molar-refractivity contribution in [2.24, 2.45) is 0 Å². The maximum absolute atomic E-state index is 11.6. The van der Waals surface area contributed by atoms with Crippen LogP contribution in [0.2, 0.25) is 0 Å². The second-order valence-electron chi connectivity index (χ2n) is 21.2. The van der Waals surface area contributed by atoms with Crippen molar-refractivity contribution in [2.75, 3.05) is 0 Å². The first-order valence-corrected chi connectivity index (χ1v) is 32.1. The third kappa shape index (κ3) is 26.6. The minimum atomic E-state index is -0.626. The molecule has 10 aromatic heterocycles. The summed E-state index contributed by atoms with van der Waals surface area (Å²) in [5.74, 6) is 0.944. The monoisotopic (exact) mass is 2500 g/mol. The topological polar surface area (TPSA) is 270 Å². The number of imide groups is 1. The second kappa shape index (κ2) is 47.1. The van der Waals surface area contributed by atoms with Crippen molar-refractivity contribution < 1.29 is 144 Å². The molecule has 0 saturated heterocycles. The zero-order valence-electron chi connectivity index (χ0n) is 56.3. The minimum Gasteiger partial charge on any atom is -0.656 e. The number of hydrogen-bond donors (Lipinski definition) is 0. The first-order valence-electron chi connectivity index (χ1n) is 31.4. The Hall–Kier alpha value is -9.73. The number of aryl methyl sites for hydroxylation is 2. The summed E-state index contributed by atoms with van der Waals surface area (Å²) in [5.41, 5.74) is 13.8. The van der Waals surface area contributed by atoms with Crippen molar-refractivity contribution in [3.63, 3.8) is 0 Å². The van der Waals surface area contributed by atoms with Crippen LogP contribution in [0.15, 0.2) is 322 Å². The molecule has 3 amide bonds. The van der Waals surface area contributed by atoms with Gasteiger partial charge in [0.25, 0.3) is 0 Å². The molecule has 0 fully saturated rings. The molecule has 20 nitrogen and oxygen atoms in total. The van der Waals surface area contributed by atoms with Gasteiger partial charge in [0, 0.05) is 164 Å². The molecule has 107 heavy (non-hydrogen) atoms. The summed E-state index contributed by atoms with van der Waals surface area (Å²) in [6.45, 7) is 3.91. The van der Waals surface area contributed by atoms with Gasteiger partial charge >= 0.3 is 0 Å². The Morgan fingerprint density at radius 2 is 0.813 bits per heavy atom. The average Bonchev–Trinajstić information content (AvgIpc) is 1.68. The number of rotatable bonds is 13. The molecule has 0 saturated carbocycles. The van der Waals surface area contributed by atoms with E-state index in [4.69, 9.17) is 19.2 Å². The third-order valence-electron chi connectivity index (χ3n) is 14.3. The number of benzene rings is 6. The third-order valence-corrected chi connectivity index (χ3v) is 14.6. The van der Waals surface area contributed by atoms with E-state index in [0.29, 0.717) is 35.2 Å². The Balaban J connectivity index is 0.000000230. The second-order valence-corrected chi connectivity index (χ2v) is 21.7. The number of fused-ring (bicyclic) bond motifs is 2. The first kappa shape index (κ1) is 87.9. The van der Waals surface area contributed by atoms with Crippen LogP contribution in [0.1, 0.15) is 42.7 Å². The smallest absolute Gasteiger partial charge is 0.166 e. The Kier molecular flexibility index (Phi) is 38.7. The summed E-state index contributed by atoms with van der Waals surface area (Å²) in [6.07, 6.45) is 10.0. The van der Waals surface area contributed by atoms with Crippen LogP contribution in [0.25, 0.3) is 100 Å². The predicted octanol–water partition coefficient (Wildman–Crippen LogP) is 16.9. The van der Waals surface area contributed by atoms with E-state index in [9.17, 15) is 14.4 Å². The molecule has 27 heteroatoms. The van der Waals surface area contributed by atoms with Gasteiger partial charge in [-0.3, -0.25) is 29.9 Å². The van der Waals surface area contributed by atoms with Crippen LogP contribution in [-0.2, 0) is 125 Å². The van der Waals surface area contributed by atoms with Gasteiger partial charge in [-0.15, -0.1) is 15.5 Å². The van der Waals surface area contributed by atoms with E-state index in [-0.39, 0.29) is 132 Å². The fourth-order valence-corrected chi connectivity index (χ4v) is 9.54. The average molecular weight is 2500 g/mol.